The minimum atomic E-state index is 0.106. The predicted molar refractivity (Wildman–Crippen MR) is 73.1 cm³/mol. The summed E-state index contributed by atoms with van der Waals surface area (Å²) >= 11 is 13.4. The van der Waals surface area contributed by atoms with Crippen LogP contribution in [0.4, 0.5) is 0 Å². The minimum absolute atomic E-state index is 0.106. The number of hydrazine groups is 1. The van der Waals surface area contributed by atoms with E-state index in [0.29, 0.717) is 4.34 Å². The molecule has 0 saturated carbocycles. The summed E-state index contributed by atoms with van der Waals surface area (Å²) in [7, 11) is 0. The summed E-state index contributed by atoms with van der Waals surface area (Å²) in [5.74, 6) is 6.27. The molecule has 0 amide bonds. The fraction of sp³-hybridized carbons (Fsp3) is 0.636. The number of hydrogen-bond donors (Lipinski definition) is 2. The first kappa shape index (κ1) is 14.3. The standard InChI is InChI=1S/C11H18Cl2N2S/c1-7(2)4-3-5-9(15-14)8-6-10(12)16-11(8)13/h6-7,9,15H,3-5,14H2,1-2H3. The van der Waals surface area contributed by atoms with Crippen molar-refractivity contribution in [2.45, 2.75) is 39.2 Å². The predicted octanol–water partition coefficient (Wildman–Crippen LogP) is 4.39. The van der Waals surface area contributed by atoms with Crippen molar-refractivity contribution in [1.29, 1.82) is 0 Å². The normalized spacial score (nSPS) is 13.4. The van der Waals surface area contributed by atoms with Crippen LogP contribution in [-0.2, 0) is 0 Å². The fourth-order valence-electron chi connectivity index (χ4n) is 1.65. The highest BCUT2D eigenvalue weighted by molar-refractivity contribution is 7.20. The van der Waals surface area contributed by atoms with E-state index in [4.69, 9.17) is 29.0 Å². The lowest BCUT2D eigenvalue weighted by Crippen LogP contribution is -2.27. The van der Waals surface area contributed by atoms with Gasteiger partial charge in [-0.1, -0.05) is 49.9 Å². The molecule has 0 fully saturated rings. The van der Waals surface area contributed by atoms with Crippen LogP contribution in [0, 0.1) is 5.92 Å². The lowest BCUT2D eigenvalue weighted by atomic mass is 10.0. The van der Waals surface area contributed by atoms with Crippen LogP contribution < -0.4 is 11.3 Å². The van der Waals surface area contributed by atoms with E-state index < -0.39 is 0 Å². The number of rotatable bonds is 6. The topological polar surface area (TPSA) is 38.0 Å². The third-order valence-corrected chi connectivity index (χ3v) is 4.05. The Morgan fingerprint density at radius 3 is 2.50 bits per heavy atom. The van der Waals surface area contributed by atoms with E-state index in [1.54, 1.807) is 0 Å². The van der Waals surface area contributed by atoms with E-state index in [0.717, 1.165) is 28.7 Å². The first-order chi connectivity index (χ1) is 7.54. The van der Waals surface area contributed by atoms with E-state index in [1.807, 2.05) is 6.07 Å². The van der Waals surface area contributed by atoms with Gasteiger partial charge in [-0.2, -0.15) is 0 Å². The van der Waals surface area contributed by atoms with Gasteiger partial charge in [0, 0.05) is 11.6 Å². The van der Waals surface area contributed by atoms with E-state index in [1.165, 1.54) is 17.8 Å². The summed E-state index contributed by atoms with van der Waals surface area (Å²) in [6.45, 7) is 4.44. The molecule has 1 rings (SSSR count). The maximum absolute atomic E-state index is 6.10. The van der Waals surface area contributed by atoms with Crippen LogP contribution in [0.3, 0.4) is 0 Å². The Balaban J connectivity index is 2.57. The largest absolute Gasteiger partial charge is 0.271 e. The summed E-state index contributed by atoms with van der Waals surface area (Å²) < 4.78 is 1.45. The monoisotopic (exact) mass is 280 g/mol. The molecule has 0 aliphatic rings. The van der Waals surface area contributed by atoms with Crippen molar-refractivity contribution in [3.8, 4) is 0 Å². The molecule has 0 radical (unpaired) electrons. The summed E-state index contributed by atoms with van der Waals surface area (Å²) in [6.07, 6.45) is 3.32. The minimum Gasteiger partial charge on any atom is -0.271 e. The molecular weight excluding hydrogens is 263 g/mol. The number of halogens is 2. The molecule has 0 aliphatic carbocycles. The Morgan fingerprint density at radius 1 is 1.38 bits per heavy atom. The van der Waals surface area contributed by atoms with Crippen molar-refractivity contribution >= 4 is 34.5 Å². The molecular formula is C11H18Cl2N2S. The van der Waals surface area contributed by atoms with Crippen molar-refractivity contribution in [2.75, 3.05) is 0 Å². The van der Waals surface area contributed by atoms with E-state index in [2.05, 4.69) is 19.3 Å². The number of nitrogens with one attached hydrogen (secondary N) is 1. The van der Waals surface area contributed by atoms with Gasteiger partial charge in [0.25, 0.3) is 0 Å². The molecule has 5 heteroatoms. The van der Waals surface area contributed by atoms with Crippen LogP contribution in [0.25, 0.3) is 0 Å². The van der Waals surface area contributed by atoms with Crippen molar-refractivity contribution in [2.24, 2.45) is 11.8 Å². The van der Waals surface area contributed by atoms with Crippen molar-refractivity contribution < 1.29 is 0 Å². The van der Waals surface area contributed by atoms with E-state index in [9.17, 15) is 0 Å². The van der Waals surface area contributed by atoms with Crippen LogP contribution in [-0.4, -0.2) is 0 Å². The van der Waals surface area contributed by atoms with Crippen molar-refractivity contribution in [3.05, 3.63) is 20.3 Å². The molecule has 0 aliphatic heterocycles. The van der Waals surface area contributed by atoms with Gasteiger partial charge in [-0.3, -0.25) is 11.3 Å². The second kappa shape index (κ2) is 6.82. The molecule has 1 heterocycles. The lowest BCUT2D eigenvalue weighted by molar-refractivity contribution is 0.456. The average Bonchev–Trinajstić information content (AvgIpc) is 2.52. The molecule has 1 atom stereocenters. The van der Waals surface area contributed by atoms with Gasteiger partial charge in [0.15, 0.2) is 0 Å². The number of hydrogen-bond acceptors (Lipinski definition) is 3. The van der Waals surface area contributed by atoms with Crippen LogP contribution in [0.15, 0.2) is 6.07 Å². The highest BCUT2D eigenvalue weighted by atomic mass is 35.5. The first-order valence-electron chi connectivity index (χ1n) is 5.45. The zero-order valence-corrected chi connectivity index (χ0v) is 11.9. The lowest BCUT2D eigenvalue weighted by Gasteiger charge is -2.15. The van der Waals surface area contributed by atoms with Gasteiger partial charge in [0.2, 0.25) is 0 Å². The van der Waals surface area contributed by atoms with Crippen molar-refractivity contribution in [3.63, 3.8) is 0 Å². The quantitative estimate of drug-likeness (QED) is 0.599. The first-order valence-corrected chi connectivity index (χ1v) is 7.02. The Hall–Kier alpha value is 0.200. The van der Waals surface area contributed by atoms with Gasteiger partial charge in [-0.15, -0.1) is 11.3 Å². The van der Waals surface area contributed by atoms with Gasteiger partial charge >= 0.3 is 0 Å². The molecule has 1 unspecified atom stereocenters. The van der Waals surface area contributed by atoms with Gasteiger partial charge in [0.1, 0.15) is 0 Å². The molecule has 2 nitrogen and oxygen atoms in total. The SMILES string of the molecule is CC(C)CCCC(NN)c1cc(Cl)sc1Cl. The zero-order chi connectivity index (χ0) is 12.1. The zero-order valence-electron chi connectivity index (χ0n) is 9.59. The van der Waals surface area contributed by atoms with E-state index >= 15 is 0 Å². The molecule has 0 spiro atoms. The highest BCUT2D eigenvalue weighted by Crippen LogP contribution is 2.36. The third-order valence-electron chi connectivity index (χ3n) is 2.53. The van der Waals surface area contributed by atoms with Crippen LogP contribution in [0.1, 0.15) is 44.7 Å². The molecule has 16 heavy (non-hydrogen) atoms. The molecule has 1 aromatic rings. The highest BCUT2D eigenvalue weighted by Gasteiger charge is 2.16. The summed E-state index contributed by atoms with van der Waals surface area (Å²) in [5, 5.41) is 0. The molecule has 0 aromatic carbocycles. The molecule has 0 saturated heterocycles. The summed E-state index contributed by atoms with van der Waals surface area (Å²) in [4.78, 5) is 0. The molecule has 0 bridgehead atoms. The maximum atomic E-state index is 6.10. The van der Waals surface area contributed by atoms with Gasteiger partial charge in [0.05, 0.1) is 8.67 Å². The smallest absolute Gasteiger partial charge is 0.0992 e. The van der Waals surface area contributed by atoms with Crippen molar-refractivity contribution in [1.82, 2.24) is 5.43 Å². The molecule has 1 aromatic heterocycles. The molecule has 92 valence electrons. The van der Waals surface area contributed by atoms with Gasteiger partial charge in [-0.05, 0) is 18.4 Å². The summed E-state index contributed by atoms with van der Waals surface area (Å²) in [6, 6.07) is 2.00. The maximum Gasteiger partial charge on any atom is 0.0992 e. The van der Waals surface area contributed by atoms with Crippen LogP contribution in [0.2, 0.25) is 8.67 Å². The Morgan fingerprint density at radius 2 is 2.06 bits per heavy atom. The Bertz CT molecular complexity index is 326. The van der Waals surface area contributed by atoms with Crippen LogP contribution in [0.5, 0.6) is 0 Å². The average molecular weight is 281 g/mol. The Kier molecular flexibility index (Phi) is 6.08. The fourth-order valence-corrected chi connectivity index (χ4v) is 3.23. The third kappa shape index (κ3) is 4.22. The van der Waals surface area contributed by atoms with Gasteiger partial charge < -0.3 is 0 Å². The number of thiophene rings is 1. The van der Waals surface area contributed by atoms with E-state index in [-0.39, 0.29) is 6.04 Å². The Labute approximate surface area is 111 Å². The van der Waals surface area contributed by atoms with Crippen LogP contribution >= 0.6 is 34.5 Å². The number of nitrogens with two attached hydrogens (primary N) is 1. The second-order valence-corrected chi connectivity index (χ2v) is 6.61. The summed E-state index contributed by atoms with van der Waals surface area (Å²) in [5.41, 5.74) is 3.83. The molecule has 3 N–H and O–H groups in total. The second-order valence-electron chi connectivity index (χ2n) is 4.32. The van der Waals surface area contributed by atoms with Gasteiger partial charge in [-0.25, -0.2) is 0 Å².